The Bertz CT molecular complexity index is 696. The molecule has 8 nitrogen and oxygen atoms in total. The van der Waals surface area contributed by atoms with Crippen molar-refractivity contribution in [3.8, 4) is 0 Å². The van der Waals surface area contributed by atoms with Gasteiger partial charge in [-0.15, -0.1) is 0 Å². The first kappa shape index (κ1) is 17.9. The van der Waals surface area contributed by atoms with Crippen LogP contribution in [-0.4, -0.2) is 44.3 Å². The molecule has 1 aromatic rings. The summed E-state index contributed by atoms with van der Waals surface area (Å²) in [6.07, 6.45) is -5.77. The maximum Gasteiger partial charge on any atom is 0.418 e. The zero-order chi connectivity index (χ0) is 18.3. The van der Waals surface area contributed by atoms with E-state index < -0.39 is 63.7 Å². The Morgan fingerprint density at radius 2 is 0.913 bits per heavy atom. The van der Waals surface area contributed by atoms with Gasteiger partial charge in [0.2, 0.25) is 0 Å². The summed E-state index contributed by atoms with van der Waals surface area (Å²) < 4.78 is 53.0. The number of hydrogen-bond donors (Lipinski definition) is 4. The SMILES string of the molecule is O=C(O)c1c(F)c(C(=O)O)c(C(=O)O)c(C(F)(F)F)c1C(=O)O. The maximum absolute atomic E-state index is 13.9. The zero-order valence-corrected chi connectivity index (χ0v) is 10.4. The van der Waals surface area contributed by atoms with E-state index in [0.717, 1.165) is 0 Å². The van der Waals surface area contributed by atoms with E-state index in [2.05, 4.69) is 0 Å². The van der Waals surface area contributed by atoms with Gasteiger partial charge in [0.25, 0.3) is 0 Å². The molecule has 0 fully saturated rings. The molecular weight excluding hydrogens is 336 g/mol. The predicted molar refractivity (Wildman–Crippen MR) is 59.2 cm³/mol. The molecule has 12 heteroatoms. The molecule has 23 heavy (non-hydrogen) atoms. The minimum atomic E-state index is -5.77. The average Bonchev–Trinajstić information content (AvgIpc) is 2.33. The van der Waals surface area contributed by atoms with Gasteiger partial charge in [-0.05, 0) is 0 Å². The lowest BCUT2D eigenvalue weighted by Gasteiger charge is -2.18. The Kier molecular flexibility index (Phi) is 4.31. The van der Waals surface area contributed by atoms with Crippen molar-refractivity contribution >= 4 is 23.9 Å². The minimum absolute atomic E-state index is 2.10. The van der Waals surface area contributed by atoms with Crippen LogP contribution in [-0.2, 0) is 6.18 Å². The lowest BCUT2D eigenvalue weighted by atomic mass is 9.90. The second-order valence-electron chi connectivity index (χ2n) is 3.91. The molecule has 1 aromatic carbocycles. The molecule has 124 valence electrons. The molecule has 0 saturated carbocycles. The van der Waals surface area contributed by atoms with Gasteiger partial charge >= 0.3 is 30.1 Å². The fraction of sp³-hybridized carbons (Fsp3) is 0.0909. The lowest BCUT2D eigenvalue weighted by molar-refractivity contribution is -0.138. The Hall–Kier alpha value is -3.18. The summed E-state index contributed by atoms with van der Waals surface area (Å²) in [6, 6.07) is 0. The molecule has 0 spiro atoms. The second kappa shape index (κ2) is 5.55. The Labute approximate surface area is 122 Å². The van der Waals surface area contributed by atoms with Crippen LogP contribution in [0, 0.1) is 5.82 Å². The highest BCUT2D eigenvalue weighted by Crippen LogP contribution is 2.39. The quantitative estimate of drug-likeness (QED) is 0.604. The number of hydrogen-bond acceptors (Lipinski definition) is 4. The van der Waals surface area contributed by atoms with Crippen molar-refractivity contribution in [3.05, 3.63) is 33.6 Å². The normalized spacial score (nSPS) is 11.1. The van der Waals surface area contributed by atoms with Gasteiger partial charge in [0, 0.05) is 0 Å². The smallest absolute Gasteiger partial charge is 0.418 e. The minimum Gasteiger partial charge on any atom is -0.478 e. The van der Waals surface area contributed by atoms with Crippen LogP contribution in [0.3, 0.4) is 0 Å². The monoisotopic (exact) mass is 340 g/mol. The van der Waals surface area contributed by atoms with E-state index in [9.17, 15) is 36.7 Å². The standard InChI is InChI=1S/C11H4F4O8/c12-6-3(9(20)21)1(7(16)17)5(11(13,14)15)2(8(18)19)4(6)10(22)23/h(H,16,17)(H,18,19)(H,20,21)(H,22,23). The van der Waals surface area contributed by atoms with E-state index in [-0.39, 0.29) is 0 Å². The summed E-state index contributed by atoms with van der Waals surface area (Å²) in [7, 11) is 0. The summed E-state index contributed by atoms with van der Waals surface area (Å²) in [5.74, 6) is -12.6. The average molecular weight is 340 g/mol. The molecule has 0 atom stereocenters. The Morgan fingerprint density at radius 1 is 0.652 bits per heavy atom. The van der Waals surface area contributed by atoms with Gasteiger partial charge in [-0.25, -0.2) is 23.6 Å². The number of carboxylic acid groups (broad SMARTS) is 4. The van der Waals surface area contributed by atoms with Gasteiger partial charge in [0.15, 0.2) is 5.82 Å². The fourth-order valence-corrected chi connectivity index (χ4v) is 1.83. The van der Waals surface area contributed by atoms with Crippen molar-refractivity contribution in [1.82, 2.24) is 0 Å². The van der Waals surface area contributed by atoms with Gasteiger partial charge in [-0.3, -0.25) is 0 Å². The summed E-state index contributed by atoms with van der Waals surface area (Å²) in [5, 5.41) is 34.9. The van der Waals surface area contributed by atoms with E-state index in [1.807, 2.05) is 0 Å². The van der Waals surface area contributed by atoms with Gasteiger partial charge < -0.3 is 20.4 Å². The molecule has 0 aliphatic rings. The number of rotatable bonds is 4. The Balaban J connectivity index is 4.37. The van der Waals surface area contributed by atoms with Gasteiger partial charge in [0.1, 0.15) is 11.1 Å². The van der Waals surface area contributed by atoms with Crippen LogP contribution in [0.1, 0.15) is 47.0 Å². The molecule has 0 aromatic heterocycles. The summed E-state index contributed by atoms with van der Waals surface area (Å²) >= 11 is 0. The molecule has 1 rings (SSSR count). The Morgan fingerprint density at radius 3 is 1.09 bits per heavy atom. The fourth-order valence-electron chi connectivity index (χ4n) is 1.83. The molecule has 0 aliphatic heterocycles. The third-order valence-electron chi connectivity index (χ3n) is 2.58. The van der Waals surface area contributed by atoms with Crippen LogP contribution in [0.5, 0.6) is 0 Å². The molecule has 0 radical (unpaired) electrons. The molecule has 0 amide bonds. The van der Waals surface area contributed by atoms with Crippen molar-refractivity contribution in [2.24, 2.45) is 0 Å². The first-order chi connectivity index (χ1) is 10.3. The number of halogens is 4. The van der Waals surface area contributed by atoms with Crippen molar-refractivity contribution < 1.29 is 57.2 Å². The number of carbonyl (C=O) groups is 4. The molecule has 0 unspecified atom stereocenters. The van der Waals surface area contributed by atoms with Crippen LogP contribution in [0.25, 0.3) is 0 Å². The molecule has 0 aliphatic carbocycles. The molecule has 0 bridgehead atoms. The topological polar surface area (TPSA) is 149 Å². The number of aromatic carboxylic acids is 4. The third-order valence-corrected chi connectivity index (χ3v) is 2.58. The largest absolute Gasteiger partial charge is 0.478 e. The number of alkyl halides is 3. The predicted octanol–water partition coefficient (Wildman–Crippen LogP) is 1.64. The van der Waals surface area contributed by atoms with Crippen molar-refractivity contribution in [2.45, 2.75) is 6.18 Å². The van der Waals surface area contributed by atoms with Crippen molar-refractivity contribution in [2.75, 3.05) is 0 Å². The first-order valence-electron chi connectivity index (χ1n) is 5.22. The van der Waals surface area contributed by atoms with Crippen LogP contribution in [0.15, 0.2) is 0 Å². The van der Waals surface area contributed by atoms with Gasteiger partial charge in [-0.2, -0.15) is 13.2 Å². The molecule has 0 heterocycles. The van der Waals surface area contributed by atoms with Crippen LogP contribution in [0.4, 0.5) is 17.6 Å². The summed E-state index contributed by atoms with van der Waals surface area (Å²) in [4.78, 5) is 43.6. The summed E-state index contributed by atoms with van der Waals surface area (Å²) in [5.41, 5.74) is -11.2. The lowest BCUT2D eigenvalue weighted by Crippen LogP contribution is -2.27. The van der Waals surface area contributed by atoms with Crippen LogP contribution >= 0.6 is 0 Å². The summed E-state index contributed by atoms with van der Waals surface area (Å²) in [6.45, 7) is 0. The highest BCUT2D eigenvalue weighted by molar-refractivity contribution is 6.11. The highest BCUT2D eigenvalue weighted by Gasteiger charge is 2.46. The van der Waals surface area contributed by atoms with Crippen molar-refractivity contribution in [1.29, 1.82) is 0 Å². The molecule has 0 saturated heterocycles. The van der Waals surface area contributed by atoms with Crippen LogP contribution < -0.4 is 0 Å². The highest BCUT2D eigenvalue weighted by atomic mass is 19.4. The van der Waals surface area contributed by atoms with E-state index in [0.29, 0.717) is 0 Å². The number of carboxylic acids is 4. The first-order valence-corrected chi connectivity index (χ1v) is 5.22. The van der Waals surface area contributed by atoms with Crippen LogP contribution in [0.2, 0.25) is 0 Å². The zero-order valence-electron chi connectivity index (χ0n) is 10.4. The van der Waals surface area contributed by atoms with E-state index in [1.165, 1.54) is 0 Å². The van der Waals surface area contributed by atoms with Gasteiger partial charge in [-0.1, -0.05) is 0 Å². The van der Waals surface area contributed by atoms with Gasteiger partial charge in [0.05, 0.1) is 16.7 Å². The molecule has 4 N–H and O–H groups in total. The third kappa shape index (κ3) is 2.90. The number of benzene rings is 1. The van der Waals surface area contributed by atoms with E-state index in [4.69, 9.17) is 20.4 Å². The second-order valence-corrected chi connectivity index (χ2v) is 3.91. The van der Waals surface area contributed by atoms with Crippen molar-refractivity contribution in [3.63, 3.8) is 0 Å². The van der Waals surface area contributed by atoms with E-state index >= 15 is 0 Å². The van der Waals surface area contributed by atoms with E-state index in [1.54, 1.807) is 0 Å². The molecular formula is C11H4F4O8. The maximum atomic E-state index is 13.9.